The first-order chi connectivity index (χ1) is 9.76. The van der Waals surface area contributed by atoms with E-state index in [0.29, 0.717) is 5.92 Å². The Morgan fingerprint density at radius 3 is 2.05 bits per heavy atom. The molecule has 0 amide bonds. The molecule has 100 valence electrons. The van der Waals surface area contributed by atoms with Crippen molar-refractivity contribution < 1.29 is 0 Å². The SMILES string of the molecule is C=C1CC2(CC1CC)c1ccccc1-c1ccccc12. The summed E-state index contributed by atoms with van der Waals surface area (Å²) < 4.78 is 0. The van der Waals surface area contributed by atoms with Gasteiger partial charge in [-0.25, -0.2) is 0 Å². The third-order valence-corrected chi connectivity index (χ3v) is 5.37. The van der Waals surface area contributed by atoms with E-state index >= 15 is 0 Å². The number of fused-ring (bicyclic) bond motifs is 5. The summed E-state index contributed by atoms with van der Waals surface area (Å²) in [5, 5.41) is 0. The van der Waals surface area contributed by atoms with Crippen LogP contribution in [0.3, 0.4) is 0 Å². The van der Waals surface area contributed by atoms with Crippen molar-refractivity contribution in [1.29, 1.82) is 0 Å². The number of benzene rings is 2. The van der Waals surface area contributed by atoms with Crippen molar-refractivity contribution in [2.75, 3.05) is 0 Å². The lowest BCUT2D eigenvalue weighted by Gasteiger charge is -2.26. The van der Waals surface area contributed by atoms with Gasteiger partial charge in [-0.3, -0.25) is 0 Å². The van der Waals surface area contributed by atoms with Gasteiger partial charge in [0.05, 0.1) is 0 Å². The average Bonchev–Trinajstić information content (AvgIpc) is 2.97. The Hall–Kier alpha value is -1.82. The zero-order valence-corrected chi connectivity index (χ0v) is 12.0. The average molecular weight is 260 g/mol. The van der Waals surface area contributed by atoms with Crippen LogP contribution in [0.15, 0.2) is 60.7 Å². The highest BCUT2D eigenvalue weighted by Crippen LogP contribution is 2.59. The Balaban J connectivity index is 1.99. The van der Waals surface area contributed by atoms with Crippen LogP contribution in [0.2, 0.25) is 0 Å². The molecule has 0 saturated heterocycles. The van der Waals surface area contributed by atoms with Crippen molar-refractivity contribution in [3.63, 3.8) is 0 Å². The van der Waals surface area contributed by atoms with Gasteiger partial charge in [0.25, 0.3) is 0 Å². The molecule has 0 heterocycles. The molecule has 1 fully saturated rings. The molecule has 2 aromatic carbocycles. The van der Waals surface area contributed by atoms with Gasteiger partial charge >= 0.3 is 0 Å². The van der Waals surface area contributed by atoms with E-state index in [1.807, 2.05) is 0 Å². The zero-order valence-electron chi connectivity index (χ0n) is 12.0. The molecule has 0 heteroatoms. The van der Waals surface area contributed by atoms with Gasteiger partial charge < -0.3 is 0 Å². The lowest BCUT2D eigenvalue weighted by molar-refractivity contribution is 0.489. The van der Waals surface area contributed by atoms with Crippen molar-refractivity contribution in [1.82, 2.24) is 0 Å². The van der Waals surface area contributed by atoms with Crippen LogP contribution in [0.5, 0.6) is 0 Å². The summed E-state index contributed by atoms with van der Waals surface area (Å²) in [5.41, 5.74) is 7.57. The molecule has 1 saturated carbocycles. The fourth-order valence-corrected chi connectivity index (χ4v) is 4.43. The van der Waals surface area contributed by atoms with E-state index in [9.17, 15) is 0 Å². The van der Waals surface area contributed by atoms with Crippen LogP contribution in [0.4, 0.5) is 0 Å². The molecule has 0 N–H and O–H groups in total. The van der Waals surface area contributed by atoms with E-state index in [-0.39, 0.29) is 5.41 Å². The van der Waals surface area contributed by atoms with Crippen LogP contribution >= 0.6 is 0 Å². The molecular formula is C20H20. The minimum atomic E-state index is 0.199. The minimum Gasteiger partial charge on any atom is -0.0995 e. The summed E-state index contributed by atoms with van der Waals surface area (Å²) in [6.07, 6.45) is 3.57. The van der Waals surface area contributed by atoms with Crippen LogP contribution in [-0.2, 0) is 5.41 Å². The molecule has 1 atom stereocenters. The highest BCUT2D eigenvalue weighted by atomic mass is 14.5. The number of hydrogen-bond acceptors (Lipinski definition) is 0. The molecule has 2 aliphatic carbocycles. The maximum absolute atomic E-state index is 4.37. The largest absolute Gasteiger partial charge is 0.0995 e. The van der Waals surface area contributed by atoms with Crippen molar-refractivity contribution in [3.8, 4) is 11.1 Å². The second-order valence-electron chi connectivity index (χ2n) is 6.32. The van der Waals surface area contributed by atoms with E-state index in [0.717, 1.165) is 6.42 Å². The fourth-order valence-electron chi connectivity index (χ4n) is 4.43. The monoisotopic (exact) mass is 260 g/mol. The topological polar surface area (TPSA) is 0 Å². The van der Waals surface area contributed by atoms with E-state index in [4.69, 9.17) is 0 Å². The first-order valence-corrected chi connectivity index (χ1v) is 7.63. The minimum absolute atomic E-state index is 0.199. The molecule has 1 spiro atoms. The van der Waals surface area contributed by atoms with E-state index < -0.39 is 0 Å². The van der Waals surface area contributed by atoms with Crippen molar-refractivity contribution in [2.24, 2.45) is 5.92 Å². The Bertz CT molecular complexity index is 647. The summed E-state index contributed by atoms with van der Waals surface area (Å²) in [4.78, 5) is 0. The van der Waals surface area contributed by atoms with Crippen LogP contribution in [0.25, 0.3) is 11.1 Å². The standard InChI is InChI=1S/C20H20/c1-3-15-13-20(12-14(15)2)18-10-6-4-8-16(18)17-9-5-7-11-19(17)20/h4-11,15H,2-3,12-13H2,1H3. The predicted molar refractivity (Wildman–Crippen MR) is 84.8 cm³/mol. The van der Waals surface area contributed by atoms with Crippen LogP contribution in [-0.4, -0.2) is 0 Å². The van der Waals surface area contributed by atoms with Gasteiger partial charge in [0.2, 0.25) is 0 Å². The number of allylic oxidation sites excluding steroid dienone is 1. The molecule has 0 nitrogen and oxygen atoms in total. The van der Waals surface area contributed by atoms with Gasteiger partial charge in [-0.15, -0.1) is 0 Å². The first kappa shape index (κ1) is 12.0. The maximum atomic E-state index is 4.37. The smallest absolute Gasteiger partial charge is 0.0257 e. The fraction of sp³-hybridized carbons (Fsp3) is 0.300. The molecule has 0 aliphatic heterocycles. The predicted octanol–water partition coefficient (Wildman–Crippen LogP) is 5.33. The molecule has 2 aromatic rings. The van der Waals surface area contributed by atoms with Gasteiger partial charge in [-0.05, 0) is 47.4 Å². The summed E-state index contributed by atoms with van der Waals surface area (Å²) >= 11 is 0. The zero-order chi connectivity index (χ0) is 13.7. The number of hydrogen-bond donors (Lipinski definition) is 0. The summed E-state index contributed by atoms with van der Waals surface area (Å²) in [6, 6.07) is 17.9. The Kier molecular flexibility index (Phi) is 2.44. The van der Waals surface area contributed by atoms with E-state index in [2.05, 4.69) is 62.0 Å². The van der Waals surface area contributed by atoms with Gasteiger partial charge in [-0.2, -0.15) is 0 Å². The van der Waals surface area contributed by atoms with Crippen LogP contribution in [0, 0.1) is 5.92 Å². The maximum Gasteiger partial charge on any atom is 0.0257 e. The first-order valence-electron chi connectivity index (χ1n) is 7.63. The van der Waals surface area contributed by atoms with Gasteiger partial charge in [0.15, 0.2) is 0 Å². The lowest BCUT2D eigenvalue weighted by Crippen LogP contribution is -2.21. The second kappa shape index (κ2) is 4.09. The summed E-state index contributed by atoms with van der Waals surface area (Å²) in [7, 11) is 0. The molecule has 2 aliphatic rings. The molecule has 0 radical (unpaired) electrons. The van der Waals surface area contributed by atoms with E-state index in [1.165, 1.54) is 40.7 Å². The van der Waals surface area contributed by atoms with Gasteiger partial charge in [0.1, 0.15) is 0 Å². The van der Waals surface area contributed by atoms with Crippen molar-refractivity contribution in [3.05, 3.63) is 71.8 Å². The summed E-state index contributed by atoms with van der Waals surface area (Å²) in [5.74, 6) is 0.675. The lowest BCUT2D eigenvalue weighted by atomic mass is 9.76. The molecule has 0 bridgehead atoms. The Morgan fingerprint density at radius 2 is 1.55 bits per heavy atom. The number of rotatable bonds is 1. The van der Waals surface area contributed by atoms with Gasteiger partial charge in [0, 0.05) is 5.41 Å². The van der Waals surface area contributed by atoms with Crippen LogP contribution in [0.1, 0.15) is 37.3 Å². The van der Waals surface area contributed by atoms with E-state index in [1.54, 1.807) is 0 Å². The summed E-state index contributed by atoms with van der Waals surface area (Å²) in [6.45, 7) is 6.66. The highest BCUT2D eigenvalue weighted by Gasteiger charge is 2.48. The molecular weight excluding hydrogens is 240 g/mol. The quantitative estimate of drug-likeness (QED) is 0.608. The Morgan fingerprint density at radius 1 is 1.00 bits per heavy atom. The van der Waals surface area contributed by atoms with Crippen molar-refractivity contribution >= 4 is 0 Å². The third kappa shape index (κ3) is 1.37. The second-order valence-corrected chi connectivity index (χ2v) is 6.32. The van der Waals surface area contributed by atoms with Crippen LogP contribution < -0.4 is 0 Å². The van der Waals surface area contributed by atoms with Crippen molar-refractivity contribution in [2.45, 2.75) is 31.6 Å². The normalized spacial score (nSPS) is 22.1. The molecule has 20 heavy (non-hydrogen) atoms. The third-order valence-electron chi connectivity index (χ3n) is 5.37. The Labute approximate surface area is 121 Å². The molecule has 1 unspecified atom stereocenters. The highest BCUT2D eigenvalue weighted by molar-refractivity contribution is 5.81. The van der Waals surface area contributed by atoms with Gasteiger partial charge in [-0.1, -0.05) is 67.6 Å². The molecule has 0 aromatic heterocycles. The molecule has 4 rings (SSSR count).